The van der Waals surface area contributed by atoms with Gasteiger partial charge in [-0.1, -0.05) is 12.1 Å². The van der Waals surface area contributed by atoms with Gasteiger partial charge in [0.05, 0.1) is 11.0 Å². The lowest BCUT2D eigenvalue weighted by molar-refractivity contribution is 0.224. The average molecular weight is 273 g/mol. The molecule has 2 heterocycles. The molecule has 0 aliphatic carbocycles. The van der Waals surface area contributed by atoms with Gasteiger partial charge in [0.25, 0.3) is 0 Å². The standard InChI is InChI=1S/C15H23N5/c1-11-3-2-4-13-14(11)19-15(18-13)17-12-5-8-20(9-6-12)10-7-16/h2-4,12H,5-10,16H2,1H3,(H2,17,18,19). The number of imidazole rings is 1. The number of nitrogens with zero attached hydrogens (tertiary/aromatic N) is 2. The monoisotopic (exact) mass is 273 g/mol. The molecule has 0 unspecified atom stereocenters. The number of fused-ring (bicyclic) bond motifs is 1. The summed E-state index contributed by atoms with van der Waals surface area (Å²) in [4.78, 5) is 10.5. The summed E-state index contributed by atoms with van der Waals surface area (Å²) in [5, 5.41) is 3.54. The molecule has 1 saturated heterocycles. The number of likely N-dealkylation sites (tertiary alicyclic amines) is 1. The Balaban J connectivity index is 1.64. The number of anilines is 1. The number of aromatic nitrogens is 2. The van der Waals surface area contributed by atoms with Gasteiger partial charge in [-0.05, 0) is 31.4 Å². The van der Waals surface area contributed by atoms with Crippen LogP contribution in [0.25, 0.3) is 11.0 Å². The molecule has 0 amide bonds. The Morgan fingerprint density at radius 2 is 2.20 bits per heavy atom. The first kappa shape index (κ1) is 13.4. The fourth-order valence-corrected chi connectivity index (χ4v) is 2.92. The maximum Gasteiger partial charge on any atom is 0.201 e. The quantitative estimate of drug-likeness (QED) is 0.793. The molecule has 4 N–H and O–H groups in total. The van der Waals surface area contributed by atoms with Gasteiger partial charge >= 0.3 is 0 Å². The van der Waals surface area contributed by atoms with Crippen molar-refractivity contribution in [3.05, 3.63) is 23.8 Å². The number of piperidine rings is 1. The summed E-state index contributed by atoms with van der Waals surface area (Å²) in [6.45, 7) is 6.10. The van der Waals surface area contributed by atoms with Crippen LogP contribution >= 0.6 is 0 Å². The molecule has 0 bridgehead atoms. The van der Waals surface area contributed by atoms with Gasteiger partial charge in [-0.25, -0.2) is 4.98 Å². The molecule has 1 aromatic carbocycles. The van der Waals surface area contributed by atoms with Gasteiger partial charge in [0.2, 0.25) is 5.95 Å². The van der Waals surface area contributed by atoms with Gasteiger partial charge in [0.1, 0.15) is 0 Å². The molecular formula is C15H23N5. The second-order valence-corrected chi connectivity index (χ2v) is 5.61. The van der Waals surface area contributed by atoms with Crippen molar-refractivity contribution in [2.45, 2.75) is 25.8 Å². The van der Waals surface area contributed by atoms with Crippen molar-refractivity contribution in [2.75, 3.05) is 31.5 Å². The third kappa shape index (κ3) is 2.78. The molecule has 1 fully saturated rings. The zero-order valence-electron chi connectivity index (χ0n) is 12.0. The molecule has 5 nitrogen and oxygen atoms in total. The number of para-hydroxylation sites is 1. The Hall–Kier alpha value is -1.59. The number of nitrogens with one attached hydrogen (secondary N) is 2. The number of aryl methyl sites for hydroxylation is 1. The van der Waals surface area contributed by atoms with Gasteiger partial charge in [-0.3, -0.25) is 0 Å². The number of hydrogen-bond donors (Lipinski definition) is 3. The zero-order valence-corrected chi connectivity index (χ0v) is 12.0. The van der Waals surface area contributed by atoms with Crippen molar-refractivity contribution in [3.63, 3.8) is 0 Å². The maximum absolute atomic E-state index is 5.60. The van der Waals surface area contributed by atoms with E-state index in [0.29, 0.717) is 6.04 Å². The van der Waals surface area contributed by atoms with Gasteiger partial charge in [-0.2, -0.15) is 0 Å². The second-order valence-electron chi connectivity index (χ2n) is 5.61. The van der Waals surface area contributed by atoms with Crippen LogP contribution in [-0.2, 0) is 0 Å². The number of rotatable bonds is 4. The third-order valence-electron chi connectivity index (χ3n) is 4.09. The van der Waals surface area contributed by atoms with E-state index in [1.54, 1.807) is 0 Å². The van der Waals surface area contributed by atoms with Gasteiger partial charge in [0.15, 0.2) is 0 Å². The average Bonchev–Trinajstić information content (AvgIpc) is 2.85. The van der Waals surface area contributed by atoms with Crippen LogP contribution in [0.1, 0.15) is 18.4 Å². The molecule has 1 aliphatic heterocycles. The minimum Gasteiger partial charge on any atom is -0.353 e. The van der Waals surface area contributed by atoms with E-state index in [1.807, 2.05) is 0 Å². The second kappa shape index (κ2) is 5.81. The first-order valence-corrected chi connectivity index (χ1v) is 7.40. The van der Waals surface area contributed by atoms with Crippen molar-refractivity contribution in [1.29, 1.82) is 0 Å². The summed E-state index contributed by atoms with van der Waals surface area (Å²) in [5.74, 6) is 0.895. The van der Waals surface area contributed by atoms with Crippen molar-refractivity contribution < 1.29 is 0 Å². The van der Waals surface area contributed by atoms with Gasteiger partial charge in [0, 0.05) is 32.2 Å². The van der Waals surface area contributed by atoms with E-state index in [9.17, 15) is 0 Å². The van der Waals surface area contributed by atoms with Crippen LogP contribution in [0.4, 0.5) is 5.95 Å². The van der Waals surface area contributed by atoms with Crippen LogP contribution in [0.5, 0.6) is 0 Å². The smallest absolute Gasteiger partial charge is 0.201 e. The lowest BCUT2D eigenvalue weighted by Gasteiger charge is -2.31. The largest absolute Gasteiger partial charge is 0.353 e. The topological polar surface area (TPSA) is 70.0 Å². The van der Waals surface area contributed by atoms with Crippen LogP contribution in [0.2, 0.25) is 0 Å². The van der Waals surface area contributed by atoms with E-state index >= 15 is 0 Å². The summed E-state index contributed by atoms with van der Waals surface area (Å²) in [6, 6.07) is 6.73. The van der Waals surface area contributed by atoms with E-state index in [4.69, 9.17) is 5.73 Å². The van der Waals surface area contributed by atoms with E-state index < -0.39 is 0 Å². The highest BCUT2D eigenvalue weighted by atomic mass is 15.2. The number of nitrogens with two attached hydrogens (primary N) is 1. The fourth-order valence-electron chi connectivity index (χ4n) is 2.92. The summed E-state index contributed by atoms with van der Waals surface area (Å²) in [6.07, 6.45) is 2.30. The molecule has 2 aromatic rings. The van der Waals surface area contributed by atoms with Crippen molar-refractivity contribution in [1.82, 2.24) is 14.9 Å². The first-order valence-electron chi connectivity index (χ1n) is 7.40. The molecule has 0 spiro atoms. The summed E-state index contributed by atoms with van der Waals surface area (Å²) >= 11 is 0. The lowest BCUT2D eigenvalue weighted by atomic mass is 10.1. The lowest BCUT2D eigenvalue weighted by Crippen LogP contribution is -2.41. The Kier molecular flexibility index (Phi) is 3.89. The summed E-state index contributed by atoms with van der Waals surface area (Å²) < 4.78 is 0. The molecule has 0 saturated carbocycles. The number of benzene rings is 1. The molecule has 0 radical (unpaired) electrons. The fraction of sp³-hybridized carbons (Fsp3) is 0.533. The van der Waals surface area contributed by atoms with Crippen LogP contribution in [0, 0.1) is 6.92 Å². The van der Waals surface area contributed by atoms with E-state index in [1.165, 1.54) is 5.56 Å². The molecule has 5 heteroatoms. The van der Waals surface area contributed by atoms with Gasteiger partial charge < -0.3 is 20.9 Å². The summed E-state index contributed by atoms with van der Waals surface area (Å²) in [7, 11) is 0. The normalized spacial score (nSPS) is 17.7. The van der Waals surface area contributed by atoms with E-state index in [0.717, 1.165) is 56.0 Å². The molecule has 1 aliphatic rings. The molecule has 20 heavy (non-hydrogen) atoms. The maximum atomic E-state index is 5.60. The minimum atomic E-state index is 0.505. The van der Waals surface area contributed by atoms with Crippen molar-refractivity contribution >= 4 is 17.0 Å². The van der Waals surface area contributed by atoms with Crippen molar-refractivity contribution in [2.24, 2.45) is 5.73 Å². The Bertz CT molecular complexity index is 569. The molecular weight excluding hydrogens is 250 g/mol. The zero-order chi connectivity index (χ0) is 13.9. The molecule has 1 aromatic heterocycles. The van der Waals surface area contributed by atoms with Crippen LogP contribution < -0.4 is 11.1 Å². The highest BCUT2D eigenvalue weighted by molar-refractivity contribution is 5.80. The minimum absolute atomic E-state index is 0.505. The van der Waals surface area contributed by atoms with E-state index in [-0.39, 0.29) is 0 Å². The SMILES string of the molecule is Cc1cccc2[nH]c(NC3CCN(CCN)CC3)nc12. The van der Waals surface area contributed by atoms with Gasteiger partial charge in [-0.15, -0.1) is 0 Å². The molecule has 108 valence electrons. The van der Waals surface area contributed by atoms with Crippen LogP contribution in [-0.4, -0.2) is 47.1 Å². The van der Waals surface area contributed by atoms with Crippen LogP contribution in [0.15, 0.2) is 18.2 Å². The summed E-state index contributed by atoms with van der Waals surface area (Å²) in [5.41, 5.74) is 8.99. The molecule has 3 rings (SSSR count). The number of H-pyrrole nitrogens is 1. The predicted molar refractivity (Wildman–Crippen MR) is 83.0 cm³/mol. The predicted octanol–water partition coefficient (Wildman–Crippen LogP) is 1.71. The van der Waals surface area contributed by atoms with Crippen molar-refractivity contribution in [3.8, 4) is 0 Å². The first-order chi connectivity index (χ1) is 9.76. The Morgan fingerprint density at radius 1 is 1.40 bits per heavy atom. The third-order valence-corrected chi connectivity index (χ3v) is 4.09. The highest BCUT2D eigenvalue weighted by Gasteiger charge is 2.19. The van der Waals surface area contributed by atoms with Crippen LogP contribution in [0.3, 0.4) is 0 Å². The number of aromatic amines is 1. The number of hydrogen-bond acceptors (Lipinski definition) is 4. The Morgan fingerprint density at radius 3 is 2.90 bits per heavy atom. The van der Waals surface area contributed by atoms with E-state index in [2.05, 4.69) is 45.3 Å². The molecule has 0 atom stereocenters. The Labute approximate surface area is 119 Å². The highest BCUT2D eigenvalue weighted by Crippen LogP contribution is 2.20.